The van der Waals surface area contributed by atoms with Crippen molar-refractivity contribution in [3.05, 3.63) is 22.1 Å². The molecule has 2 bridgehead atoms. The first-order valence-corrected chi connectivity index (χ1v) is 13.9. The van der Waals surface area contributed by atoms with E-state index in [2.05, 4.69) is 36.9 Å². The molecule has 1 unspecified atom stereocenters. The van der Waals surface area contributed by atoms with Gasteiger partial charge in [0.25, 0.3) is 0 Å². The normalized spacial score (nSPS) is 46.1. The highest BCUT2D eigenvalue weighted by Gasteiger charge is 2.57. The molecule has 5 nitrogen and oxygen atoms in total. The number of nitrogens with zero attached hydrogens (tertiary/aromatic N) is 3. The number of hydrogen-bond acceptors (Lipinski definition) is 3. The molecule has 33 heavy (non-hydrogen) atoms. The molecule has 5 aliphatic rings. The third-order valence-electron chi connectivity index (χ3n) is 10.8. The predicted molar refractivity (Wildman–Crippen MR) is 131 cm³/mol. The zero-order valence-electron chi connectivity index (χ0n) is 21.2. The fourth-order valence-corrected chi connectivity index (χ4v) is 9.24. The van der Waals surface area contributed by atoms with Gasteiger partial charge in [-0.1, -0.05) is 37.5 Å². The average molecular weight is 456 g/mol. The Morgan fingerprint density at radius 3 is 2.82 bits per heavy atom. The van der Waals surface area contributed by atoms with Gasteiger partial charge in [0.2, 0.25) is 0 Å². The van der Waals surface area contributed by atoms with E-state index in [0.29, 0.717) is 35.3 Å². The van der Waals surface area contributed by atoms with Crippen LogP contribution in [-0.4, -0.2) is 25.5 Å². The van der Waals surface area contributed by atoms with Crippen LogP contribution in [-0.2, 0) is 9.47 Å². The Bertz CT molecular complexity index is 786. The van der Waals surface area contributed by atoms with Crippen molar-refractivity contribution in [3.63, 3.8) is 0 Å². The maximum atomic E-state index is 8.83. The van der Waals surface area contributed by atoms with Crippen LogP contribution in [0.5, 0.6) is 0 Å². The predicted octanol–water partition coefficient (Wildman–Crippen LogP) is 7.81. The molecule has 5 heteroatoms. The molecule has 0 aromatic heterocycles. The first-order valence-electron chi connectivity index (χ1n) is 13.9. The first-order chi connectivity index (χ1) is 15.9. The summed E-state index contributed by atoms with van der Waals surface area (Å²) < 4.78 is 12.4. The summed E-state index contributed by atoms with van der Waals surface area (Å²) in [5.74, 6) is 3.68. The zero-order chi connectivity index (χ0) is 23.1. The zero-order valence-corrected chi connectivity index (χ0v) is 21.2. The molecule has 184 valence electrons. The van der Waals surface area contributed by atoms with Crippen molar-refractivity contribution in [2.24, 2.45) is 45.5 Å². The lowest BCUT2D eigenvalue weighted by Gasteiger charge is -2.54. The minimum Gasteiger partial charge on any atom is -0.353 e. The third kappa shape index (κ3) is 4.50. The van der Waals surface area contributed by atoms with Crippen LogP contribution < -0.4 is 0 Å². The van der Waals surface area contributed by atoms with Gasteiger partial charge < -0.3 is 9.47 Å². The summed E-state index contributed by atoms with van der Waals surface area (Å²) in [4.78, 5) is 3.05. The SMILES string of the molecule is C[C@H](CN=[N+]=[N-])[C@H]1CC[C@H]2[C@@H]3CC=C4C[C@@H](OC5CCCCO5)CC[C@@](C)(C4)[C@H]3CC[C@]12C. The minimum absolute atomic E-state index is 0.0308. The summed E-state index contributed by atoms with van der Waals surface area (Å²) in [7, 11) is 0. The molecular weight excluding hydrogens is 410 g/mol. The number of fused-ring (bicyclic) bond motifs is 6. The second-order valence-corrected chi connectivity index (χ2v) is 12.7. The lowest BCUT2D eigenvalue weighted by Crippen LogP contribution is -2.47. The van der Waals surface area contributed by atoms with Crippen molar-refractivity contribution in [3.8, 4) is 0 Å². The van der Waals surface area contributed by atoms with E-state index in [9.17, 15) is 0 Å². The van der Waals surface area contributed by atoms with Gasteiger partial charge in [-0.15, -0.1) is 0 Å². The van der Waals surface area contributed by atoms with Crippen molar-refractivity contribution in [1.29, 1.82) is 0 Å². The van der Waals surface area contributed by atoms with E-state index in [1.165, 1.54) is 64.2 Å². The molecule has 0 aromatic carbocycles. The average Bonchev–Trinajstić information content (AvgIpc) is 2.99. The Kier molecular flexibility index (Phi) is 6.86. The number of hydrogen-bond donors (Lipinski definition) is 0. The molecule has 0 radical (unpaired) electrons. The summed E-state index contributed by atoms with van der Waals surface area (Å²) in [6.07, 6.45) is 18.0. The molecule has 1 saturated heterocycles. The fraction of sp³-hybridized carbons (Fsp3) is 0.929. The van der Waals surface area contributed by atoms with E-state index >= 15 is 0 Å². The maximum Gasteiger partial charge on any atom is 0.157 e. The summed E-state index contributed by atoms with van der Waals surface area (Å²) in [5, 5.41) is 3.95. The Balaban J connectivity index is 1.32. The minimum atomic E-state index is 0.0308. The molecule has 0 spiro atoms. The molecule has 5 rings (SSSR count). The highest BCUT2D eigenvalue weighted by Crippen LogP contribution is 2.66. The van der Waals surface area contributed by atoms with Gasteiger partial charge in [0.05, 0.1) is 6.10 Å². The van der Waals surface area contributed by atoms with Gasteiger partial charge in [-0.25, -0.2) is 0 Å². The molecule has 4 aliphatic carbocycles. The summed E-state index contributed by atoms with van der Waals surface area (Å²) in [6.45, 7) is 9.05. The van der Waals surface area contributed by atoms with Crippen molar-refractivity contribution in [2.45, 2.75) is 110 Å². The summed E-state index contributed by atoms with van der Waals surface area (Å²) in [6, 6.07) is 0. The summed E-state index contributed by atoms with van der Waals surface area (Å²) >= 11 is 0. The lowest BCUT2D eigenvalue weighted by molar-refractivity contribution is -0.189. The van der Waals surface area contributed by atoms with Crippen LogP contribution in [0.1, 0.15) is 97.8 Å². The van der Waals surface area contributed by atoms with Crippen LogP contribution in [0.2, 0.25) is 0 Å². The van der Waals surface area contributed by atoms with Crippen LogP contribution in [0.4, 0.5) is 0 Å². The van der Waals surface area contributed by atoms with E-state index in [1.807, 2.05) is 0 Å². The number of rotatable bonds is 5. The molecule has 3 saturated carbocycles. The van der Waals surface area contributed by atoms with E-state index in [1.54, 1.807) is 5.57 Å². The highest BCUT2D eigenvalue weighted by molar-refractivity contribution is 5.17. The molecule has 1 aliphatic heterocycles. The van der Waals surface area contributed by atoms with Crippen LogP contribution in [0.25, 0.3) is 10.4 Å². The lowest BCUT2D eigenvalue weighted by atomic mass is 9.51. The summed E-state index contributed by atoms with van der Waals surface area (Å²) in [5.41, 5.74) is 11.3. The van der Waals surface area contributed by atoms with Crippen molar-refractivity contribution in [2.75, 3.05) is 13.2 Å². The first kappa shape index (κ1) is 23.7. The quantitative estimate of drug-likeness (QED) is 0.183. The Morgan fingerprint density at radius 2 is 2.03 bits per heavy atom. The monoisotopic (exact) mass is 455 g/mol. The van der Waals surface area contributed by atoms with Gasteiger partial charge in [0.15, 0.2) is 6.29 Å². The van der Waals surface area contributed by atoms with Crippen LogP contribution in [0, 0.1) is 40.4 Å². The third-order valence-corrected chi connectivity index (χ3v) is 10.8. The molecule has 9 atom stereocenters. The standard InChI is InChI=1S/C28H45N3O2/c1-19(18-30-31-29)23-9-10-25-22-8-7-20-16-21(33-26-6-4-5-15-32-26)11-13-27(2,17-20)24(22)12-14-28(23,25)3/h7,19,21-26H,4-6,8-18H2,1-3H3/t19-,21+,22-,23-,24+,25+,26?,27+,28-/m1/s1. The smallest absolute Gasteiger partial charge is 0.157 e. The number of allylic oxidation sites excluding steroid dienone is 1. The largest absolute Gasteiger partial charge is 0.353 e. The van der Waals surface area contributed by atoms with Crippen molar-refractivity contribution >= 4 is 0 Å². The van der Waals surface area contributed by atoms with E-state index in [4.69, 9.17) is 15.0 Å². The van der Waals surface area contributed by atoms with Crippen molar-refractivity contribution < 1.29 is 9.47 Å². The fourth-order valence-electron chi connectivity index (χ4n) is 9.24. The van der Waals surface area contributed by atoms with Gasteiger partial charge in [0.1, 0.15) is 0 Å². The van der Waals surface area contributed by atoms with Crippen molar-refractivity contribution in [1.82, 2.24) is 0 Å². The molecule has 0 N–H and O–H groups in total. The van der Waals surface area contributed by atoms with E-state index in [-0.39, 0.29) is 6.29 Å². The van der Waals surface area contributed by atoms with Gasteiger partial charge in [-0.3, -0.25) is 0 Å². The Morgan fingerprint density at radius 1 is 1.15 bits per heavy atom. The Hall–Kier alpha value is -1.03. The van der Waals surface area contributed by atoms with Gasteiger partial charge in [0, 0.05) is 18.1 Å². The van der Waals surface area contributed by atoms with Crippen LogP contribution in [0.3, 0.4) is 0 Å². The van der Waals surface area contributed by atoms with Crippen LogP contribution >= 0.6 is 0 Å². The second-order valence-electron chi connectivity index (χ2n) is 12.7. The number of ether oxygens (including phenoxy) is 2. The Labute approximate surface area is 200 Å². The molecule has 4 fully saturated rings. The van der Waals surface area contributed by atoms with Gasteiger partial charge in [-0.05, 0) is 123 Å². The molecule has 0 amide bonds. The maximum absolute atomic E-state index is 8.83. The second kappa shape index (κ2) is 9.55. The topological polar surface area (TPSA) is 67.2 Å². The van der Waals surface area contributed by atoms with Gasteiger partial charge >= 0.3 is 0 Å². The number of azide groups is 1. The van der Waals surface area contributed by atoms with Crippen LogP contribution in [0.15, 0.2) is 16.8 Å². The molecular formula is C28H45N3O2. The molecule has 1 heterocycles. The van der Waals surface area contributed by atoms with E-state index < -0.39 is 0 Å². The molecule has 0 aromatic rings. The van der Waals surface area contributed by atoms with Gasteiger partial charge in [-0.2, -0.15) is 0 Å². The highest BCUT2D eigenvalue weighted by atomic mass is 16.7. The van der Waals surface area contributed by atoms with E-state index in [0.717, 1.165) is 37.2 Å².